The molecule has 1 heterocycles. The van der Waals surface area contributed by atoms with Gasteiger partial charge in [0, 0.05) is 18.1 Å². The van der Waals surface area contributed by atoms with Gasteiger partial charge in [-0.05, 0) is 27.6 Å². The number of halogens is 2. The maximum atomic E-state index is 11.9. The molecule has 4 nitrogen and oxygen atoms in total. The van der Waals surface area contributed by atoms with Crippen LogP contribution in [0.4, 0.5) is 5.82 Å². The number of aryl methyl sites for hydroxylation is 1. The summed E-state index contributed by atoms with van der Waals surface area (Å²) in [5.74, 6) is 0.512. The number of carbonyl (C=O) groups is 1. The summed E-state index contributed by atoms with van der Waals surface area (Å²) >= 11 is 9.25. The molecule has 2 aromatic rings. The quantitative estimate of drug-likeness (QED) is 0.941. The molecule has 0 saturated carbocycles. The van der Waals surface area contributed by atoms with Gasteiger partial charge in [-0.25, -0.2) is 0 Å². The summed E-state index contributed by atoms with van der Waals surface area (Å²) < 4.78 is 2.27. The Bertz CT molecular complexity index is 582. The van der Waals surface area contributed by atoms with Gasteiger partial charge < -0.3 is 5.32 Å². The van der Waals surface area contributed by atoms with Crippen molar-refractivity contribution in [3.8, 4) is 0 Å². The van der Waals surface area contributed by atoms with Crippen LogP contribution in [-0.4, -0.2) is 15.7 Å². The Labute approximate surface area is 118 Å². The molecular weight excluding hydrogens is 318 g/mol. The minimum absolute atomic E-state index is 0.126. The van der Waals surface area contributed by atoms with E-state index in [2.05, 4.69) is 26.3 Å². The molecule has 1 aromatic carbocycles. The zero-order valence-electron chi connectivity index (χ0n) is 9.65. The minimum atomic E-state index is -0.126. The number of amides is 1. The van der Waals surface area contributed by atoms with Crippen molar-refractivity contribution in [2.45, 2.75) is 6.42 Å². The van der Waals surface area contributed by atoms with Crippen molar-refractivity contribution in [2.24, 2.45) is 7.05 Å². The molecule has 0 aliphatic rings. The molecule has 1 N–H and O–H groups in total. The number of anilines is 1. The van der Waals surface area contributed by atoms with Crippen LogP contribution < -0.4 is 5.32 Å². The van der Waals surface area contributed by atoms with E-state index >= 15 is 0 Å². The van der Waals surface area contributed by atoms with Crippen molar-refractivity contribution >= 4 is 39.3 Å². The van der Waals surface area contributed by atoms with E-state index in [1.165, 1.54) is 0 Å². The minimum Gasteiger partial charge on any atom is -0.311 e. The molecule has 0 spiro atoms. The lowest BCUT2D eigenvalue weighted by molar-refractivity contribution is -0.115. The number of aromatic nitrogens is 2. The lowest BCUT2D eigenvalue weighted by Crippen LogP contribution is -2.16. The summed E-state index contributed by atoms with van der Waals surface area (Å²) in [4.78, 5) is 11.9. The van der Waals surface area contributed by atoms with Crippen LogP contribution in [0.1, 0.15) is 5.56 Å². The second-order valence-electron chi connectivity index (χ2n) is 3.79. The molecule has 0 fully saturated rings. The molecule has 1 aromatic heterocycles. The third-order valence-electron chi connectivity index (χ3n) is 2.43. The van der Waals surface area contributed by atoms with Crippen molar-refractivity contribution in [1.29, 1.82) is 0 Å². The number of benzene rings is 1. The van der Waals surface area contributed by atoms with Gasteiger partial charge >= 0.3 is 0 Å². The predicted octanol–water partition coefficient (Wildman–Crippen LogP) is 3.02. The maximum Gasteiger partial charge on any atom is 0.229 e. The molecule has 2 rings (SSSR count). The summed E-state index contributed by atoms with van der Waals surface area (Å²) in [6.45, 7) is 0. The largest absolute Gasteiger partial charge is 0.311 e. The van der Waals surface area contributed by atoms with E-state index in [9.17, 15) is 4.79 Å². The summed E-state index contributed by atoms with van der Waals surface area (Å²) in [6.07, 6.45) is 0.239. The van der Waals surface area contributed by atoms with Crippen molar-refractivity contribution < 1.29 is 4.79 Å². The molecular formula is C12H11BrClN3O. The molecule has 18 heavy (non-hydrogen) atoms. The maximum absolute atomic E-state index is 11.9. The number of hydrogen-bond acceptors (Lipinski definition) is 2. The smallest absolute Gasteiger partial charge is 0.229 e. The van der Waals surface area contributed by atoms with Gasteiger partial charge in [0.25, 0.3) is 0 Å². The first kappa shape index (κ1) is 13.1. The Hall–Kier alpha value is -1.33. The third-order valence-corrected chi connectivity index (χ3v) is 3.18. The Kier molecular flexibility index (Phi) is 4.04. The van der Waals surface area contributed by atoms with E-state index in [1.54, 1.807) is 23.9 Å². The topological polar surface area (TPSA) is 46.9 Å². The van der Waals surface area contributed by atoms with Crippen molar-refractivity contribution in [1.82, 2.24) is 9.78 Å². The van der Waals surface area contributed by atoms with Gasteiger partial charge in [-0.1, -0.05) is 29.8 Å². The van der Waals surface area contributed by atoms with Gasteiger partial charge in [-0.3, -0.25) is 9.48 Å². The van der Waals surface area contributed by atoms with Crippen molar-refractivity contribution in [2.75, 3.05) is 5.32 Å². The zero-order valence-corrected chi connectivity index (χ0v) is 12.0. The van der Waals surface area contributed by atoms with Gasteiger partial charge in [0.15, 0.2) is 0 Å². The van der Waals surface area contributed by atoms with Gasteiger partial charge in [-0.2, -0.15) is 5.10 Å². The van der Waals surface area contributed by atoms with Crippen LogP contribution in [0.15, 0.2) is 34.9 Å². The number of rotatable bonds is 3. The molecule has 94 valence electrons. The fraction of sp³-hybridized carbons (Fsp3) is 0.167. The first-order chi connectivity index (χ1) is 8.56. The Morgan fingerprint density at radius 1 is 1.50 bits per heavy atom. The monoisotopic (exact) mass is 327 g/mol. The van der Waals surface area contributed by atoms with E-state index < -0.39 is 0 Å². The average molecular weight is 329 g/mol. The predicted molar refractivity (Wildman–Crippen MR) is 74.7 cm³/mol. The van der Waals surface area contributed by atoms with Crippen LogP contribution in [0.3, 0.4) is 0 Å². The van der Waals surface area contributed by atoms with E-state index in [-0.39, 0.29) is 12.3 Å². The van der Waals surface area contributed by atoms with Gasteiger partial charge in [-0.15, -0.1) is 0 Å². The number of nitrogens with one attached hydrogen (secondary N) is 1. The van der Waals surface area contributed by atoms with Crippen LogP contribution in [0.2, 0.25) is 5.02 Å². The van der Waals surface area contributed by atoms with Crippen molar-refractivity contribution in [3.63, 3.8) is 0 Å². The Morgan fingerprint density at radius 3 is 2.83 bits per heavy atom. The van der Waals surface area contributed by atoms with Crippen LogP contribution in [0.25, 0.3) is 0 Å². The highest BCUT2D eigenvalue weighted by atomic mass is 79.9. The van der Waals surface area contributed by atoms with E-state index in [0.717, 1.165) is 5.56 Å². The summed E-state index contributed by atoms with van der Waals surface area (Å²) in [5, 5.41) is 7.46. The fourth-order valence-corrected chi connectivity index (χ4v) is 2.21. The average Bonchev–Trinajstić information content (AvgIpc) is 2.61. The molecule has 0 saturated heterocycles. The first-order valence-corrected chi connectivity index (χ1v) is 6.46. The normalized spacial score (nSPS) is 10.4. The highest BCUT2D eigenvalue weighted by molar-refractivity contribution is 9.10. The SMILES string of the molecule is Cn1nc(Br)cc1NC(=O)Cc1ccccc1Cl. The van der Waals surface area contributed by atoms with Crippen LogP contribution in [0, 0.1) is 0 Å². The number of carbonyl (C=O) groups excluding carboxylic acids is 1. The molecule has 0 bridgehead atoms. The van der Waals surface area contributed by atoms with Gasteiger partial charge in [0.1, 0.15) is 10.4 Å². The highest BCUT2D eigenvalue weighted by Gasteiger charge is 2.09. The summed E-state index contributed by atoms with van der Waals surface area (Å²) in [5.41, 5.74) is 0.804. The molecule has 0 atom stereocenters. The second-order valence-corrected chi connectivity index (χ2v) is 5.01. The highest BCUT2D eigenvalue weighted by Crippen LogP contribution is 2.17. The van der Waals surface area contributed by atoms with Gasteiger partial charge in [0.2, 0.25) is 5.91 Å². The number of nitrogens with zero attached hydrogens (tertiary/aromatic N) is 2. The summed E-state index contributed by atoms with van der Waals surface area (Å²) in [6, 6.07) is 9.04. The zero-order chi connectivity index (χ0) is 13.1. The molecule has 0 unspecified atom stereocenters. The van der Waals surface area contributed by atoms with E-state index in [0.29, 0.717) is 15.4 Å². The number of hydrogen-bond donors (Lipinski definition) is 1. The molecule has 1 amide bonds. The lowest BCUT2D eigenvalue weighted by atomic mass is 10.1. The van der Waals surface area contributed by atoms with Crippen LogP contribution in [-0.2, 0) is 18.3 Å². The van der Waals surface area contributed by atoms with Gasteiger partial charge in [0.05, 0.1) is 6.42 Å². The van der Waals surface area contributed by atoms with Crippen LogP contribution in [0.5, 0.6) is 0 Å². The van der Waals surface area contributed by atoms with Crippen LogP contribution >= 0.6 is 27.5 Å². The van der Waals surface area contributed by atoms with Crippen molar-refractivity contribution in [3.05, 3.63) is 45.5 Å². The third kappa shape index (κ3) is 3.11. The molecule has 6 heteroatoms. The van der Waals surface area contributed by atoms with E-state index in [1.807, 2.05) is 18.2 Å². The Morgan fingerprint density at radius 2 is 2.22 bits per heavy atom. The fourth-order valence-electron chi connectivity index (χ4n) is 1.55. The lowest BCUT2D eigenvalue weighted by Gasteiger charge is -2.06. The first-order valence-electron chi connectivity index (χ1n) is 5.29. The summed E-state index contributed by atoms with van der Waals surface area (Å²) in [7, 11) is 1.76. The molecule has 0 aliphatic heterocycles. The second kappa shape index (κ2) is 5.54. The molecule has 0 radical (unpaired) electrons. The molecule has 0 aliphatic carbocycles. The Balaban J connectivity index is 2.06. The van der Waals surface area contributed by atoms with E-state index in [4.69, 9.17) is 11.6 Å². The standard InChI is InChI=1S/C12H11BrClN3O/c1-17-11(7-10(13)16-17)15-12(18)6-8-4-2-3-5-9(8)14/h2-5,7H,6H2,1H3,(H,15,18).